The van der Waals surface area contributed by atoms with Crippen molar-refractivity contribution < 1.29 is 31.4 Å². The third-order valence-corrected chi connectivity index (χ3v) is 11.4. The highest BCUT2D eigenvalue weighted by molar-refractivity contribution is 7.89. The monoisotopic (exact) mass is 594 g/mol. The minimum Gasteiger partial charge on any atom is -0.491 e. The lowest BCUT2D eigenvalue weighted by atomic mass is 9.88. The average Bonchev–Trinajstić information content (AvgIpc) is 3.37. The summed E-state index contributed by atoms with van der Waals surface area (Å²) in [5.74, 6) is 0.353. The van der Waals surface area contributed by atoms with Crippen molar-refractivity contribution in [3.63, 3.8) is 0 Å². The van der Waals surface area contributed by atoms with E-state index in [0.29, 0.717) is 38.3 Å². The van der Waals surface area contributed by atoms with Crippen molar-refractivity contribution in [2.75, 3.05) is 39.9 Å². The molecule has 0 bridgehead atoms. The number of benzene rings is 1. The van der Waals surface area contributed by atoms with Crippen molar-refractivity contribution in [1.29, 1.82) is 0 Å². The van der Waals surface area contributed by atoms with Gasteiger partial charge in [0.05, 0.1) is 17.1 Å². The third-order valence-electron chi connectivity index (χ3n) is 8.09. The van der Waals surface area contributed by atoms with E-state index in [9.17, 15) is 21.9 Å². The number of hydrogen-bond donors (Lipinski definition) is 3. The van der Waals surface area contributed by atoms with Gasteiger partial charge < -0.3 is 19.9 Å². The first-order chi connectivity index (χ1) is 19.1. The van der Waals surface area contributed by atoms with Crippen LogP contribution >= 0.6 is 0 Å². The van der Waals surface area contributed by atoms with Crippen LogP contribution < -0.4 is 14.8 Å². The van der Waals surface area contributed by atoms with Crippen LogP contribution in [0.4, 0.5) is 0 Å². The number of rotatable bonds is 10. The van der Waals surface area contributed by atoms with Gasteiger partial charge in [-0.15, -0.1) is 0 Å². The Balaban J connectivity index is 1.08. The maximum absolute atomic E-state index is 13.3. The molecule has 2 saturated heterocycles. The van der Waals surface area contributed by atoms with Gasteiger partial charge in [0.15, 0.2) is 0 Å². The Morgan fingerprint density at radius 1 is 1.15 bits per heavy atom. The number of piperidine rings is 1. The number of nitrogens with zero attached hydrogens (tertiary/aromatic N) is 2. The standard InChI is InChI=1S/C27H38N4O7S2/c1-28-39(33,34)24-7-4-6-23(14-24)37-19-22(32)16-29-21-15-27(38-18-21)9-11-31(12-10-27)40(35,36)25-13-20-5-2-3-8-26(20)30-17-25/h4,6-7,13-14,17,21-22,28-29,32H,2-3,5,8-12,15-16,18-19H2,1H3/t21-,22+/m1/s1. The molecule has 0 saturated carbocycles. The summed E-state index contributed by atoms with van der Waals surface area (Å²) in [5.41, 5.74) is 1.70. The van der Waals surface area contributed by atoms with Gasteiger partial charge in [-0.2, -0.15) is 4.31 Å². The minimum atomic E-state index is -3.60. The van der Waals surface area contributed by atoms with Gasteiger partial charge in [0.25, 0.3) is 0 Å². The fourth-order valence-corrected chi connectivity index (χ4v) is 7.92. The Hall–Kier alpha value is -2.13. The number of aliphatic hydroxyl groups excluding tert-OH is 1. The van der Waals surface area contributed by atoms with E-state index < -0.39 is 26.2 Å². The van der Waals surface area contributed by atoms with Crippen molar-refractivity contribution in [2.45, 2.75) is 72.5 Å². The highest BCUT2D eigenvalue weighted by Crippen LogP contribution is 2.37. The number of ether oxygens (including phenoxy) is 2. The summed E-state index contributed by atoms with van der Waals surface area (Å²) in [6, 6.07) is 7.94. The summed E-state index contributed by atoms with van der Waals surface area (Å²) in [5, 5.41) is 13.7. The summed E-state index contributed by atoms with van der Waals surface area (Å²) < 4.78 is 66.2. The Morgan fingerprint density at radius 3 is 2.70 bits per heavy atom. The van der Waals surface area contributed by atoms with Crippen LogP contribution in [0.1, 0.15) is 43.4 Å². The van der Waals surface area contributed by atoms with E-state index in [1.165, 1.54) is 25.4 Å². The van der Waals surface area contributed by atoms with Crippen LogP contribution in [-0.4, -0.2) is 88.9 Å². The van der Waals surface area contributed by atoms with Crippen molar-refractivity contribution in [2.24, 2.45) is 0 Å². The molecule has 0 unspecified atom stereocenters. The van der Waals surface area contributed by atoms with E-state index in [-0.39, 0.29) is 34.6 Å². The van der Waals surface area contributed by atoms with E-state index in [1.54, 1.807) is 16.4 Å². The van der Waals surface area contributed by atoms with Crippen molar-refractivity contribution in [1.82, 2.24) is 19.3 Å². The first-order valence-electron chi connectivity index (χ1n) is 13.8. The first kappa shape index (κ1) is 29.4. The van der Waals surface area contributed by atoms with E-state index in [0.717, 1.165) is 43.4 Å². The van der Waals surface area contributed by atoms with Gasteiger partial charge in [-0.3, -0.25) is 4.98 Å². The van der Waals surface area contributed by atoms with Gasteiger partial charge in [-0.1, -0.05) is 6.07 Å². The van der Waals surface area contributed by atoms with Gasteiger partial charge in [0.2, 0.25) is 20.0 Å². The SMILES string of the molecule is CNS(=O)(=O)c1cccc(OC[C@@H](O)CN[C@H]2COC3(CCN(S(=O)(=O)c4cnc5c(c4)CCCC5)CC3)C2)c1. The number of aromatic nitrogens is 1. The van der Waals surface area contributed by atoms with Gasteiger partial charge in [-0.05, 0) is 75.8 Å². The highest BCUT2D eigenvalue weighted by atomic mass is 32.2. The third kappa shape index (κ3) is 6.51. The Kier molecular flexibility index (Phi) is 8.81. The molecule has 40 heavy (non-hydrogen) atoms. The molecule has 1 aliphatic carbocycles. The molecule has 3 heterocycles. The summed E-state index contributed by atoms with van der Waals surface area (Å²) in [6.07, 6.45) is 6.62. The van der Waals surface area contributed by atoms with Crippen LogP contribution in [0.25, 0.3) is 0 Å². The molecular formula is C27H38N4O7S2. The molecule has 1 aromatic carbocycles. The molecule has 220 valence electrons. The van der Waals surface area contributed by atoms with Gasteiger partial charge >= 0.3 is 0 Å². The topological polar surface area (TPSA) is 147 Å². The number of hydrogen-bond acceptors (Lipinski definition) is 9. The van der Waals surface area contributed by atoms with Crippen LogP contribution in [0.3, 0.4) is 0 Å². The lowest BCUT2D eigenvalue weighted by Gasteiger charge is -2.38. The Bertz CT molecular complexity index is 1410. The highest BCUT2D eigenvalue weighted by Gasteiger charge is 2.44. The van der Waals surface area contributed by atoms with Gasteiger partial charge in [-0.25, -0.2) is 21.6 Å². The van der Waals surface area contributed by atoms with E-state index in [1.807, 2.05) is 6.07 Å². The zero-order valence-electron chi connectivity index (χ0n) is 22.7. The molecular weight excluding hydrogens is 556 g/mol. The second-order valence-electron chi connectivity index (χ2n) is 10.8. The van der Waals surface area contributed by atoms with E-state index >= 15 is 0 Å². The number of fused-ring (bicyclic) bond motifs is 1. The number of pyridine rings is 1. The van der Waals surface area contributed by atoms with Crippen LogP contribution in [0.5, 0.6) is 5.75 Å². The normalized spacial score (nSPS) is 22.2. The number of aryl methyl sites for hydroxylation is 2. The second kappa shape index (κ2) is 12.0. The molecule has 13 heteroatoms. The number of aliphatic hydroxyl groups is 1. The average molecular weight is 595 g/mol. The first-order valence-corrected chi connectivity index (χ1v) is 16.7. The molecule has 2 fully saturated rings. The summed E-state index contributed by atoms with van der Waals surface area (Å²) in [7, 11) is -5.84. The van der Waals surface area contributed by atoms with Crippen LogP contribution in [0.2, 0.25) is 0 Å². The van der Waals surface area contributed by atoms with Crippen molar-refractivity contribution in [3.05, 3.63) is 47.8 Å². The lowest BCUT2D eigenvalue weighted by molar-refractivity contribution is -0.0312. The van der Waals surface area contributed by atoms with Crippen LogP contribution in [-0.2, 0) is 37.6 Å². The lowest BCUT2D eigenvalue weighted by Crippen LogP contribution is -2.47. The van der Waals surface area contributed by atoms with Crippen LogP contribution in [0.15, 0.2) is 46.3 Å². The largest absolute Gasteiger partial charge is 0.491 e. The van der Waals surface area contributed by atoms with Crippen molar-refractivity contribution in [3.8, 4) is 5.75 Å². The number of nitrogens with one attached hydrogen (secondary N) is 2. The van der Waals surface area contributed by atoms with E-state index in [4.69, 9.17) is 9.47 Å². The predicted molar refractivity (Wildman–Crippen MR) is 148 cm³/mol. The van der Waals surface area contributed by atoms with Crippen molar-refractivity contribution >= 4 is 20.0 Å². The molecule has 0 amide bonds. The summed E-state index contributed by atoms with van der Waals surface area (Å²) >= 11 is 0. The van der Waals surface area contributed by atoms with Gasteiger partial charge in [0, 0.05) is 43.6 Å². The number of sulfonamides is 2. The minimum absolute atomic E-state index is 0.000848. The fraction of sp³-hybridized carbons (Fsp3) is 0.593. The maximum atomic E-state index is 13.3. The molecule has 2 aliphatic heterocycles. The maximum Gasteiger partial charge on any atom is 0.244 e. The van der Waals surface area contributed by atoms with Crippen LogP contribution in [0, 0.1) is 0 Å². The Morgan fingerprint density at radius 2 is 1.93 bits per heavy atom. The molecule has 2 aromatic rings. The summed E-state index contributed by atoms with van der Waals surface area (Å²) in [4.78, 5) is 4.82. The van der Waals surface area contributed by atoms with Gasteiger partial charge in [0.1, 0.15) is 23.4 Å². The molecule has 5 rings (SSSR count). The molecule has 3 aliphatic rings. The molecule has 1 spiro atoms. The zero-order chi connectivity index (χ0) is 28.4. The molecule has 2 atom stereocenters. The smallest absolute Gasteiger partial charge is 0.244 e. The quantitative estimate of drug-likeness (QED) is 0.369. The second-order valence-corrected chi connectivity index (χ2v) is 14.7. The Labute approximate surface area is 236 Å². The molecule has 0 radical (unpaired) electrons. The fourth-order valence-electron chi connectivity index (χ4n) is 5.72. The molecule has 1 aromatic heterocycles. The molecule has 3 N–H and O–H groups in total. The summed E-state index contributed by atoms with van der Waals surface area (Å²) in [6.45, 7) is 1.55. The zero-order valence-corrected chi connectivity index (χ0v) is 24.3. The predicted octanol–water partition coefficient (Wildman–Crippen LogP) is 1.21. The molecule has 11 nitrogen and oxygen atoms in total. The van der Waals surface area contributed by atoms with E-state index in [2.05, 4.69) is 15.0 Å².